The quantitative estimate of drug-likeness (QED) is 0.850. The first-order valence-electron chi connectivity index (χ1n) is 4.55. The first-order chi connectivity index (χ1) is 7.59. The Morgan fingerprint density at radius 2 is 2.38 bits per heavy atom. The van der Waals surface area contributed by atoms with E-state index >= 15 is 0 Å². The molecule has 0 aliphatic carbocycles. The molecular formula is C10H9FN2O3. The van der Waals surface area contributed by atoms with Crippen LogP contribution in [-0.4, -0.2) is 27.5 Å². The maximum absolute atomic E-state index is 13.4. The maximum atomic E-state index is 13.4. The fourth-order valence-electron chi connectivity index (χ4n) is 1.49. The van der Waals surface area contributed by atoms with Crippen LogP contribution in [0.3, 0.4) is 0 Å². The lowest BCUT2D eigenvalue weighted by Crippen LogP contribution is -2.09. The molecule has 84 valence electrons. The van der Waals surface area contributed by atoms with E-state index in [9.17, 15) is 9.18 Å². The summed E-state index contributed by atoms with van der Waals surface area (Å²) in [7, 11) is 1.57. The number of aromatic nitrogens is 2. The molecule has 1 aromatic carbocycles. The Morgan fingerprint density at radius 3 is 3.06 bits per heavy atom. The molecule has 0 amide bonds. The first-order valence-corrected chi connectivity index (χ1v) is 4.55. The molecule has 1 aromatic heterocycles. The van der Waals surface area contributed by atoms with E-state index < -0.39 is 18.4 Å². The molecule has 1 N–H and O–H groups in total. The van der Waals surface area contributed by atoms with Crippen LogP contribution in [0, 0.1) is 5.82 Å². The number of halogens is 1. The molecule has 0 saturated heterocycles. The largest absolute Gasteiger partial charge is 0.479 e. The lowest BCUT2D eigenvalue weighted by Gasteiger charge is -1.98. The van der Waals surface area contributed by atoms with Crippen LogP contribution in [0.4, 0.5) is 4.39 Å². The highest BCUT2D eigenvalue weighted by atomic mass is 19.1. The topological polar surface area (TPSA) is 64.4 Å². The van der Waals surface area contributed by atoms with E-state index in [4.69, 9.17) is 9.84 Å². The highest BCUT2D eigenvalue weighted by molar-refractivity contribution is 5.85. The van der Waals surface area contributed by atoms with Gasteiger partial charge in [-0.25, -0.2) is 9.18 Å². The number of hydrogen-bond donors (Lipinski definition) is 1. The van der Waals surface area contributed by atoms with Gasteiger partial charge in [0.1, 0.15) is 11.3 Å². The molecule has 0 bridgehead atoms. The van der Waals surface area contributed by atoms with Crippen molar-refractivity contribution in [3.05, 3.63) is 24.0 Å². The zero-order valence-electron chi connectivity index (χ0n) is 8.48. The Labute approximate surface area is 90.0 Å². The van der Waals surface area contributed by atoms with Gasteiger partial charge in [0.15, 0.2) is 6.61 Å². The molecule has 0 aliphatic heterocycles. The summed E-state index contributed by atoms with van der Waals surface area (Å²) in [5.41, 5.74) is 0.294. The highest BCUT2D eigenvalue weighted by Crippen LogP contribution is 2.25. The van der Waals surface area contributed by atoms with Gasteiger partial charge in [-0.05, 0) is 12.1 Å². The van der Waals surface area contributed by atoms with Gasteiger partial charge < -0.3 is 9.84 Å². The van der Waals surface area contributed by atoms with Crippen molar-refractivity contribution in [1.82, 2.24) is 9.78 Å². The van der Waals surface area contributed by atoms with Crippen molar-refractivity contribution in [2.75, 3.05) is 6.61 Å². The Kier molecular flexibility index (Phi) is 2.47. The predicted octanol–water partition coefficient (Wildman–Crippen LogP) is 1.18. The number of para-hydroxylation sites is 1. The molecule has 0 radical (unpaired) electrons. The molecule has 0 unspecified atom stereocenters. The van der Waals surface area contributed by atoms with Gasteiger partial charge in [0.2, 0.25) is 5.88 Å². The molecule has 2 aromatic rings. The number of fused-ring (bicyclic) bond motifs is 1. The standard InChI is InChI=1S/C10H9FN2O3/c1-13-9-6(3-2-4-7(9)11)10(12-13)16-5-8(14)15/h2-4H,5H2,1H3,(H,14,15). The van der Waals surface area contributed by atoms with Gasteiger partial charge in [-0.2, -0.15) is 0 Å². The zero-order chi connectivity index (χ0) is 11.7. The minimum Gasteiger partial charge on any atom is -0.479 e. The third-order valence-electron chi connectivity index (χ3n) is 2.11. The number of benzene rings is 1. The minimum atomic E-state index is -1.10. The molecule has 2 rings (SSSR count). The summed E-state index contributed by atoms with van der Waals surface area (Å²) >= 11 is 0. The van der Waals surface area contributed by atoms with Gasteiger partial charge >= 0.3 is 5.97 Å². The van der Waals surface area contributed by atoms with Crippen LogP contribution >= 0.6 is 0 Å². The molecular weight excluding hydrogens is 215 g/mol. The summed E-state index contributed by atoms with van der Waals surface area (Å²) in [5, 5.41) is 12.9. The average Bonchev–Trinajstić information content (AvgIpc) is 2.54. The summed E-state index contributed by atoms with van der Waals surface area (Å²) in [4.78, 5) is 10.3. The van der Waals surface area contributed by atoms with E-state index in [0.717, 1.165) is 0 Å². The summed E-state index contributed by atoms with van der Waals surface area (Å²) in [6.45, 7) is -0.497. The minimum absolute atomic E-state index is 0.124. The monoisotopic (exact) mass is 224 g/mol. The van der Waals surface area contributed by atoms with Gasteiger partial charge in [-0.15, -0.1) is 5.10 Å². The van der Waals surface area contributed by atoms with Crippen molar-refractivity contribution in [1.29, 1.82) is 0 Å². The van der Waals surface area contributed by atoms with Crippen molar-refractivity contribution in [2.45, 2.75) is 0 Å². The van der Waals surface area contributed by atoms with Crippen molar-refractivity contribution >= 4 is 16.9 Å². The van der Waals surface area contributed by atoms with Crippen LogP contribution in [-0.2, 0) is 11.8 Å². The number of rotatable bonds is 3. The fraction of sp³-hybridized carbons (Fsp3) is 0.200. The third kappa shape index (κ3) is 1.69. The lowest BCUT2D eigenvalue weighted by molar-refractivity contribution is -0.139. The summed E-state index contributed by atoms with van der Waals surface area (Å²) in [6.07, 6.45) is 0. The van der Waals surface area contributed by atoms with E-state index in [1.807, 2.05) is 0 Å². The zero-order valence-corrected chi connectivity index (χ0v) is 8.48. The van der Waals surface area contributed by atoms with Crippen molar-refractivity contribution in [3.63, 3.8) is 0 Å². The number of hydrogen-bond acceptors (Lipinski definition) is 3. The molecule has 1 heterocycles. The summed E-state index contributed by atoms with van der Waals surface area (Å²) in [6, 6.07) is 4.46. The lowest BCUT2D eigenvalue weighted by atomic mass is 10.2. The van der Waals surface area contributed by atoms with Gasteiger partial charge in [0, 0.05) is 7.05 Å². The van der Waals surface area contributed by atoms with E-state index in [-0.39, 0.29) is 5.88 Å². The number of ether oxygens (including phenoxy) is 1. The normalized spacial score (nSPS) is 10.6. The van der Waals surface area contributed by atoms with Crippen LogP contribution in [0.5, 0.6) is 5.88 Å². The van der Waals surface area contributed by atoms with Gasteiger partial charge in [0.05, 0.1) is 5.39 Å². The van der Waals surface area contributed by atoms with E-state index in [1.165, 1.54) is 16.8 Å². The average molecular weight is 224 g/mol. The van der Waals surface area contributed by atoms with Crippen molar-refractivity contribution < 1.29 is 19.0 Å². The number of aliphatic carboxylic acids is 1. The summed E-state index contributed by atoms with van der Waals surface area (Å²) < 4.78 is 19.7. The molecule has 0 atom stereocenters. The van der Waals surface area contributed by atoms with Gasteiger partial charge in [-0.3, -0.25) is 4.68 Å². The van der Waals surface area contributed by atoms with Gasteiger partial charge in [0.25, 0.3) is 0 Å². The fourth-order valence-corrected chi connectivity index (χ4v) is 1.49. The number of nitrogens with zero attached hydrogens (tertiary/aromatic N) is 2. The molecule has 5 nitrogen and oxygen atoms in total. The highest BCUT2D eigenvalue weighted by Gasteiger charge is 2.13. The van der Waals surface area contributed by atoms with E-state index in [0.29, 0.717) is 10.9 Å². The van der Waals surface area contributed by atoms with Crippen LogP contribution in [0.1, 0.15) is 0 Å². The maximum Gasteiger partial charge on any atom is 0.341 e. The molecule has 0 aliphatic rings. The predicted molar refractivity (Wildman–Crippen MR) is 53.8 cm³/mol. The molecule has 0 saturated carbocycles. The molecule has 0 spiro atoms. The Bertz CT molecular complexity index is 550. The summed E-state index contributed by atoms with van der Waals surface area (Å²) in [5.74, 6) is -1.40. The second-order valence-corrected chi connectivity index (χ2v) is 3.25. The molecule has 6 heteroatoms. The van der Waals surface area contributed by atoms with Crippen LogP contribution in [0.15, 0.2) is 18.2 Å². The molecule has 0 fully saturated rings. The smallest absolute Gasteiger partial charge is 0.341 e. The van der Waals surface area contributed by atoms with Gasteiger partial charge in [-0.1, -0.05) is 6.07 Å². The van der Waals surface area contributed by atoms with Crippen LogP contribution in [0.2, 0.25) is 0 Å². The molecule has 16 heavy (non-hydrogen) atoms. The number of carboxylic acids is 1. The number of aryl methyl sites for hydroxylation is 1. The van der Waals surface area contributed by atoms with Crippen LogP contribution < -0.4 is 4.74 Å². The van der Waals surface area contributed by atoms with Crippen molar-refractivity contribution in [3.8, 4) is 5.88 Å². The third-order valence-corrected chi connectivity index (χ3v) is 2.11. The SMILES string of the molecule is Cn1nc(OCC(=O)O)c2cccc(F)c21. The van der Waals surface area contributed by atoms with Crippen LogP contribution in [0.25, 0.3) is 10.9 Å². The Morgan fingerprint density at radius 1 is 1.62 bits per heavy atom. The second kappa shape index (κ2) is 3.80. The first kappa shape index (κ1) is 10.4. The van der Waals surface area contributed by atoms with E-state index in [1.54, 1.807) is 13.1 Å². The number of carbonyl (C=O) groups is 1. The Balaban J connectivity index is 2.47. The second-order valence-electron chi connectivity index (χ2n) is 3.25. The van der Waals surface area contributed by atoms with Crippen molar-refractivity contribution in [2.24, 2.45) is 7.05 Å². The van der Waals surface area contributed by atoms with E-state index in [2.05, 4.69) is 5.10 Å². The Hall–Kier alpha value is -2.11. The number of carboxylic acid groups (broad SMARTS) is 1.